The first-order valence-electron chi connectivity index (χ1n) is 6.99. The largest absolute Gasteiger partial charge is 0.478 e. The molecule has 1 aliphatic heterocycles. The van der Waals surface area contributed by atoms with E-state index in [0.717, 1.165) is 24.3 Å². The molecule has 0 saturated carbocycles. The predicted molar refractivity (Wildman–Crippen MR) is 79.6 cm³/mol. The molecule has 1 aromatic rings. The molecule has 2 atom stereocenters. The van der Waals surface area contributed by atoms with Gasteiger partial charge in [-0.3, -0.25) is 4.90 Å². The second-order valence-electron chi connectivity index (χ2n) is 5.85. The minimum Gasteiger partial charge on any atom is -0.478 e. The Labute approximate surface area is 120 Å². The summed E-state index contributed by atoms with van der Waals surface area (Å²) in [6.07, 6.45) is 0. The van der Waals surface area contributed by atoms with Gasteiger partial charge in [-0.2, -0.15) is 0 Å². The second-order valence-corrected chi connectivity index (χ2v) is 5.85. The fourth-order valence-corrected chi connectivity index (χ4v) is 2.89. The van der Waals surface area contributed by atoms with Crippen LogP contribution in [0.3, 0.4) is 0 Å². The first-order valence-corrected chi connectivity index (χ1v) is 6.99. The lowest BCUT2D eigenvalue weighted by Crippen LogP contribution is -2.55. The van der Waals surface area contributed by atoms with Crippen molar-refractivity contribution >= 4 is 11.8 Å². The summed E-state index contributed by atoms with van der Waals surface area (Å²) in [6.45, 7) is 9.67. The third-order valence-electron chi connectivity index (χ3n) is 4.20. The molecule has 0 radical (unpaired) electrons. The van der Waals surface area contributed by atoms with E-state index in [4.69, 9.17) is 0 Å². The van der Waals surface area contributed by atoms with Gasteiger partial charge in [0.15, 0.2) is 0 Å². The van der Waals surface area contributed by atoms with Crippen LogP contribution in [-0.4, -0.2) is 53.2 Å². The number of pyridine rings is 1. The molecule has 0 bridgehead atoms. The van der Waals surface area contributed by atoms with Gasteiger partial charge in [-0.15, -0.1) is 0 Å². The van der Waals surface area contributed by atoms with Crippen LogP contribution >= 0.6 is 0 Å². The van der Waals surface area contributed by atoms with Gasteiger partial charge in [-0.05, 0) is 46.4 Å². The van der Waals surface area contributed by atoms with Gasteiger partial charge >= 0.3 is 5.97 Å². The maximum absolute atomic E-state index is 11.5. The monoisotopic (exact) mass is 277 g/mol. The number of rotatable bonds is 2. The Balaban J connectivity index is 2.44. The summed E-state index contributed by atoms with van der Waals surface area (Å²) in [5.41, 5.74) is 1.97. The third-order valence-corrected chi connectivity index (χ3v) is 4.20. The zero-order valence-electron chi connectivity index (χ0n) is 12.8. The van der Waals surface area contributed by atoms with Crippen LogP contribution in [0.15, 0.2) is 6.07 Å². The minimum atomic E-state index is -0.899. The number of hydrogen-bond acceptors (Lipinski definition) is 4. The van der Waals surface area contributed by atoms with E-state index >= 15 is 0 Å². The van der Waals surface area contributed by atoms with Crippen molar-refractivity contribution in [2.45, 2.75) is 39.8 Å². The van der Waals surface area contributed by atoms with Crippen molar-refractivity contribution in [2.75, 3.05) is 25.0 Å². The first-order chi connectivity index (χ1) is 9.31. The molecular weight excluding hydrogens is 254 g/mol. The van der Waals surface area contributed by atoms with Crippen LogP contribution in [0.5, 0.6) is 0 Å². The highest BCUT2D eigenvalue weighted by molar-refractivity contribution is 5.95. The Hall–Kier alpha value is -1.62. The number of aromatic nitrogens is 1. The number of aryl methyl sites for hydroxylation is 2. The Kier molecular flexibility index (Phi) is 3.99. The molecule has 2 heterocycles. The highest BCUT2D eigenvalue weighted by Gasteiger charge is 2.30. The number of carbonyl (C=O) groups is 1. The molecular formula is C15H23N3O2. The lowest BCUT2D eigenvalue weighted by Gasteiger charge is -2.43. The summed E-state index contributed by atoms with van der Waals surface area (Å²) in [5, 5.41) is 9.47. The summed E-state index contributed by atoms with van der Waals surface area (Å²) >= 11 is 0. The Morgan fingerprint density at radius 2 is 1.85 bits per heavy atom. The van der Waals surface area contributed by atoms with Crippen molar-refractivity contribution in [2.24, 2.45) is 0 Å². The fourth-order valence-electron chi connectivity index (χ4n) is 2.89. The molecule has 1 N–H and O–H groups in total. The van der Waals surface area contributed by atoms with Crippen molar-refractivity contribution in [3.63, 3.8) is 0 Å². The number of nitrogens with zero attached hydrogens (tertiary/aromatic N) is 3. The van der Waals surface area contributed by atoms with Crippen LogP contribution in [0.1, 0.15) is 35.5 Å². The molecule has 5 nitrogen and oxygen atoms in total. The molecule has 0 amide bonds. The van der Waals surface area contributed by atoms with E-state index in [0.29, 0.717) is 23.5 Å². The Bertz CT molecular complexity index is 518. The quantitative estimate of drug-likeness (QED) is 0.895. The van der Waals surface area contributed by atoms with Gasteiger partial charge in [0, 0.05) is 30.9 Å². The van der Waals surface area contributed by atoms with Gasteiger partial charge in [0.2, 0.25) is 0 Å². The lowest BCUT2D eigenvalue weighted by atomic mass is 10.1. The highest BCUT2D eigenvalue weighted by atomic mass is 16.4. The number of aromatic carboxylic acids is 1. The average molecular weight is 277 g/mol. The SMILES string of the molecule is Cc1cc(C)c(C(=O)O)c(N2CC(C)N(C)C(C)C2)n1. The second kappa shape index (κ2) is 5.40. The van der Waals surface area contributed by atoms with Crippen LogP contribution in [0, 0.1) is 13.8 Å². The zero-order valence-corrected chi connectivity index (χ0v) is 12.8. The van der Waals surface area contributed by atoms with Crippen molar-refractivity contribution < 1.29 is 9.90 Å². The molecule has 2 unspecified atom stereocenters. The number of likely N-dealkylation sites (N-methyl/N-ethyl adjacent to an activating group) is 1. The summed E-state index contributed by atoms with van der Waals surface area (Å²) in [6, 6.07) is 2.58. The van der Waals surface area contributed by atoms with E-state index in [9.17, 15) is 9.90 Å². The number of anilines is 1. The molecule has 1 saturated heterocycles. The smallest absolute Gasteiger partial charge is 0.339 e. The average Bonchev–Trinajstić information content (AvgIpc) is 2.33. The van der Waals surface area contributed by atoms with Crippen LogP contribution in [0.25, 0.3) is 0 Å². The maximum Gasteiger partial charge on any atom is 0.339 e. The summed E-state index contributed by atoms with van der Waals surface area (Å²) < 4.78 is 0. The van der Waals surface area contributed by atoms with E-state index in [-0.39, 0.29) is 0 Å². The minimum absolute atomic E-state index is 0.333. The number of piperazine rings is 1. The molecule has 1 aromatic heterocycles. The van der Waals surface area contributed by atoms with Crippen molar-refractivity contribution in [3.8, 4) is 0 Å². The molecule has 0 aliphatic carbocycles. The summed E-state index contributed by atoms with van der Waals surface area (Å²) in [7, 11) is 2.11. The van der Waals surface area contributed by atoms with E-state index in [1.807, 2.05) is 19.9 Å². The van der Waals surface area contributed by atoms with Crippen molar-refractivity contribution in [3.05, 3.63) is 22.9 Å². The van der Waals surface area contributed by atoms with Gasteiger partial charge in [0.05, 0.1) is 0 Å². The zero-order chi connectivity index (χ0) is 15.0. The lowest BCUT2D eigenvalue weighted by molar-refractivity contribution is 0.0695. The molecule has 5 heteroatoms. The van der Waals surface area contributed by atoms with Gasteiger partial charge in [0.1, 0.15) is 11.4 Å². The van der Waals surface area contributed by atoms with Gasteiger partial charge in [-0.1, -0.05) is 0 Å². The summed E-state index contributed by atoms with van der Waals surface area (Å²) in [5.74, 6) is -0.286. The Morgan fingerprint density at radius 1 is 1.30 bits per heavy atom. The number of hydrogen-bond donors (Lipinski definition) is 1. The summed E-state index contributed by atoms with van der Waals surface area (Å²) in [4.78, 5) is 20.5. The van der Waals surface area contributed by atoms with Crippen LogP contribution in [0.2, 0.25) is 0 Å². The predicted octanol–water partition coefficient (Wildman–Crippen LogP) is 1.93. The van der Waals surface area contributed by atoms with E-state index in [2.05, 4.69) is 35.7 Å². The van der Waals surface area contributed by atoms with E-state index < -0.39 is 5.97 Å². The molecule has 0 aromatic carbocycles. The standard InChI is InChI=1S/C15H23N3O2/c1-9-6-10(2)16-14(13(9)15(19)20)18-7-11(3)17(5)12(4)8-18/h6,11-12H,7-8H2,1-5H3,(H,19,20). The first kappa shape index (κ1) is 14.8. The number of carboxylic acids is 1. The molecule has 20 heavy (non-hydrogen) atoms. The highest BCUT2D eigenvalue weighted by Crippen LogP contribution is 2.26. The van der Waals surface area contributed by atoms with Crippen molar-refractivity contribution in [1.82, 2.24) is 9.88 Å². The Morgan fingerprint density at radius 3 is 2.35 bits per heavy atom. The molecule has 1 fully saturated rings. The van der Waals surface area contributed by atoms with E-state index in [1.165, 1.54) is 0 Å². The molecule has 1 aliphatic rings. The maximum atomic E-state index is 11.5. The molecule has 110 valence electrons. The van der Waals surface area contributed by atoms with Gasteiger partial charge in [-0.25, -0.2) is 9.78 Å². The number of carboxylic acid groups (broad SMARTS) is 1. The van der Waals surface area contributed by atoms with Crippen molar-refractivity contribution in [1.29, 1.82) is 0 Å². The fraction of sp³-hybridized carbons (Fsp3) is 0.600. The topological polar surface area (TPSA) is 56.7 Å². The van der Waals surface area contributed by atoms with Gasteiger partial charge < -0.3 is 10.0 Å². The van der Waals surface area contributed by atoms with Gasteiger partial charge in [0.25, 0.3) is 0 Å². The van der Waals surface area contributed by atoms with Crippen LogP contribution in [0.4, 0.5) is 5.82 Å². The molecule has 2 rings (SSSR count). The van der Waals surface area contributed by atoms with Crippen LogP contribution < -0.4 is 4.90 Å². The molecule has 0 spiro atoms. The van der Waals surface area contributed by atoms with Crippen LogP contribution in [-0.2, 0) is 0 Å². The normalized spacial score (nSPS) is 23.9. The van der Waals surface area contributed by atoms with E-state index in [1.54, 1.807) is 0 Å². The third kappa shape index (κ3) is 2.63.